The van der Waals surface area contributed by atoms with Crippen LogP contribution in [0.2, 0.25) is 0 Å². The summed E-state index contributed by atoms with van der Waals surface area (Å²) in [6.07, 6.45) is 2.75. The molecule has 1 rings (SSSR count). The molecule has 1 aromatic rings. The maximum atomic E-state index is 5.74. The van der Waals surface area contributed by atoms with E-state index in [1.165, 1.54) is 0 Å². The maximum absolute atomic E-state index is 5.74. The van der Waals surface area contributed by atoms with Crippen LogP contribution < -0.4 is 10.1 Å². The predicted molar refractivity (Wildman–Crippen MR) is 70.7 cm³/mol. The number of nitrogens with zero attached hydrogens (tertiary/aromatic N) is 2. The quantitative estimate of drug-likeness (QED) is 0.825. The second-order valence-corrected chi connectivity index (χ2v) is 4.69. The minimum absolute atomic E-state index is 0.126. The molecule has 17 heavy (non-hydrogen) atoms. The molecule has 4 heteroatoms. The van der Waals surface area contributed by atoms with Crippen LogP contribution in [0.15, 0.2) is 6.33 Å². The molecule has 0 aliphatic heterocycles. The minimum atomic E-state index is 0.126. The number of nitrogens with one attached hydrogen (secondary N) is 1. The van der Waals surface area contributed by atoms with Gasteiger partial charge in [-0.05, 0) is 26.2 Å². The van der Waals surface area contributed by atoms with E-state index in [0.717, 1.165) is 24.3 Å². The van der Waals surface area contributed by atoms with Gasteiger partial charge in [0, 0.05) is 6.54 Å². The lowest BCUT2D eigenvalue weighted by Gasteiger charge is -2.18. The van der Waals surface area contributed by atoms with Crippen LogP contribution in [-0.4, -0.2) is 22.6 Å². The third kappa shape index (κ3) is 3.88. The number of rotatable bonds is 6. The molecule has 0 fully saturated rings. The number of ether oxygens (including phenoxy) is 1. The van der Waals surface area contributed by atoms with Crippen molar-refractivity contribution < 1.29 is 4.74 Å². The smallest absolute Gasteiger partial charge is 0.222 e. The first-order chi connectivity index (χ1) is 8.06. The summed E-state index contributed by atoms with van der Waals surface area (Å²) in [7, 11) is 0. The zero-order valence-electron chi connectivity index (χ0n) is 11.4. The van der Waals surface area contributed by atoms with Crippen LogP contribution in [0.1, 0.15) is 52.5 Å². The molecule has 1 aromatic heterocycles. The summed E-state index contributed by atoms with van der Waals surface area (Å²) in [6.45, 7) is 11.3. The average Bonchev–Trinajstić information content (AvgIpc) is 2.25. The standard InChI is InChI=1S/C13H23N3O/c1-6-7-14-12-11(9(2)3)13(16-8-15-12)17-10(4)5/h8-10H,6-7H2,1-5H3,(H,14,15,16). The Labute approximate surface area is 104 Å². The molecule has 1 N–H and O–H groups in total. The molecular weight excluding hydrogens is 214 g/mol. The van der Waals surface area contributed by atoms with E-state index in [4.69, 9.17) is 4.74 Å². The fourth-order valence-electron chi connectivity index (χ4n) is 1.60. The Hall–Kier alpha value is -1.32. The van der Waals surface area contributed by atoms with Gasteiger partial charge in [0.25, 0.3) is 0 Å². The third-order valence-corrected chi connectivity index (χ3v) is 2.31. The van der Waals surface area contributed by atoms with Crippen molar-refractivity contribution >= 4 is 5.82 Å². The molecule has 0 aliphatic carbocycles. The van der Waals surface area contributed by atoms with Crippen LogP contribution in [0.4, 0.5) is 5.82 Å². The molecule has 0 atom stereocenters. The molecule has 0 aliphatic rings. The molecule has 0 aromatic carbocycles. The van der Waals surface area contributed by atoms with Crippen molar-refractivity contribution in [2.75, 3.05) is 11.9 Å². The summed E-state index contributed by atoms with van der Waals surface area (Å²) in [5.74, 6) is 1.93. The van der Waals surface area contributed by atoms with Crippen LogP contribution in [0.25, 0.3) is 0 Å². The Morgan fingerprint density at radius 3 is 2.47 bits per heavy atom. The first kappa shape index (κ1) is 13.7. The van der Waals surface area contributed by atoms with Crippen molar-refractivity contribution in [2.45, 2.75) is 53.1 Å². The van der Waals surface area contributed by atoms with E-state index in [-0.39, 0.29) is 6.10 Å². The lowest BCUT2D eigenvalue weighted by molar-refractivity contribution is 0.229. The van der Waals surface area contributed by atoms with Gasteiger partial charge in [0.2, 0.25) is 5.88 Å². The van der Waals surface area contributed by atoms with Gasteiger partial charge in [-0.2, -0.15) is 0 Å². The Balaban J connectivity index is 3.03. The van der Waals surface area contributed by atoms with Crippen molar-refractivity contribution in [3.8, 4) is 5.88 Å². The highest BCUT2D eigenvalue weighted by Crippen LogP contribution is 2.30. The van der Waals surface area contributed by atoms with Gasteiger partial charge in [-0.15, -0.1) is 0 Å². The fraction of sp³-hybridized carbons (Fsp3) is 0.692. The van der Waals surface area contributed by atoms with Gasteiger partial charge in [0.1, 0.15) is 12.1 Å². The first-order valence-corrected chi connectivity index (χ1v) is 6.31. The fourth-order valence-corrected chi connectivity index (χ4v) is 1.60. The molecular formula is C13H23N3O. The lowest BCUT2D eigenvalue weighted by atomic mass is 10.1. The topological polar surface area (TPSA) is 47.0 Å². The molecule has 0 spiro atoms. The molecule has 1 heterocycles. The Kier molecular flexibility index (Phi) is 5.19. The number of hydrogen-bond acceptors (Lipinski definition) is 4. The summed E-state index contributed by atoms with van der Waals surface area (Å²) in [4.78, 5) is 8.54. The zero-order chi connectivity index (χ0) is 12.8. The van der Waals surface area contributed by atoms with Crippen molar-refractivity contribution in [2.24, 2.45) is 0 Å². The first-order valence-electron chi connectivity index (χ1n) is 6.31. The number of anilines is 1. The molecule has 0 bridgehead atoms. The van der Waals surface area contributed by atoms with Crippen LogP contribution in [0.5, 0.6) is 5.88 Å². The number of hydrogen-bond donors (Lipinski definition) is 1. The van der Waals surface area contributed by atoms with E-state index >= 15 is 0 Å². The van der Waals surface area contributed by atoms with E-state index in [1.807, 2.05) is 13.8 Å². The largest absolute Gasteiger partial charge is 0.475 e. The summed E-state index contributed by atoms with van der Waals surface area (Å²) in [5.41, 5.74) is 1.06. The van der Waals surface area contributed by atoms with E-state index in [2.05, 4.69) is 36.1 Å². The molecule has 0 saturated carbocycles. The number of aromatic nitrogens is 2. The van der Waals surface area contributed by atoms with E-state index < -0.39 is 0 Å². The Morgan fingerprint density at radius 1 is 1.24 bits per heavy atom. The molecule has 0 unspecified atom stereocenters. The van der Waals surface area contributed by atoms with Gasteiger partial charge in [0.05, 0.1) is 11.7 Å². The summed E-state index contributed by atoms with van der Waals surface area (Å²) in [5, 5.41) is 3.33. The van der Waals surface area contributed by atoms with Crippen LogP contribution in [0, 0.1) is 0 Å². The monoisotopic (exact) mass is 237 g/mol. The van der Waals surface area contributed by atoms with Gasteiger partial charge in [-0.1, -0.05) is 20.8 Å². The minimum Gasteiger partial charge on any atom is -0.475 e. The maximum Gasteiger partial charge on any atom is 0.222 e. The molecule has 0 saturated heterocycles. The van der Waals surface area contributed by atoms with Gasteiger partial charge in [0.15, 0.2) is 0 Å². The van der Waals surface area contributed by atoms with Crippen molar-refractivity contribution in [3.63, 3.8) is 0 Å². The van der Waals surface area contributed by atoms with Crippen molar-refractivity contribution in [1.82, 2.24) is 9.97 Å². The highest BCUT2D eigenvalue weighted by molar-refractivity contribution is 5.50. The van der Waals surface area contributed by atoms with Crippen molar-refractivity contribution in [1.29, 1.82) is 0 Å². The molecule has 96 valence electrons. The molecule has 0 amide bonds. The lowest BCUT2D eigenvalue weighted by Crippen LogP contribution is -2.13. The van der Waals surface area contributed by atoms with Crippen molar-refractivity contribution in [3.05, 3.63) is 11.9 Å². The van der Waals surface area contributed by atoms with Crippen LogP contribution in [-0.2, 0) is 0 Å². The second kappa shape index (κ2) is 6.42. The van der Waals surface area contributed by atoms with Gasteiger partial charge in [-0.3, -0.25) is 0 Å². The Morgan fingerprint density at radius 2 is 1.94 bits per heavy atom. The zero-order valence-corrected chi connectivity index (χ0v) is 11.4. The van der Waals surface area contributed by atoms with Gasteiger partial charge in [-0.25, -0.2) is 9.97 Å². The van der Waals surface area contributed by atoms with Crippen LogP contribution in [0.3, 0.4) is 0 Å². The highest BCUT2D eigenvalue weighted by atomic mass is 16.5. The summed E-state index contributed by atoms with van der Waals surface area (Å²) < 4.78 is 5.74. The van der Waals surface area contributed by atoms with Gasteiger partial charge < -0.3 is 10.1 Å². The van der Waals surface area contributed by atoms with E-state index in [1.54, 1.807) is 6.33 Å². The van der Waals surface area contributed by atoms with E-state index in [9.17, 15) is 0 Å². The molecule has 0 radical (unpaired) electrons. The summed E-state index contributed by atoms with van der Waals surface area (Å²) in [6, 6.07) is 0. The molecule has 4 nitrogen and oxygen atoms in total. The third-order valence-electron chi connectivity index (χ3n) is 2.31. The van der Waals surface area contributed by atoms with Gasteiger partial charge >= 0.3 is 0 Å². The predicted octanol–water partition coefficient (Wildman–Crippen LogP) is 3.21. The SMILES string of the molecule is CCCNc1ncnc(OC(C)C)c1C(C)C. The second-order valence-electron chi connectivity index (χ2n) is 4.69. The average molecular weight is 237 g/mol. The normalized spacial score (nSPS) is 11.0. The highest BCUT2D eigenvalue weighted by Gasteiger charge is 2.16. The summed E-state index contributed by atoms with van der Waals surface area (Å²) >= 11 is 0. The van der Waals surface area contributed by atoms with E-state index in [0.29, 0.717) is 11.8 Å². The van der Waals surface area contributed by atoms with Crippen LogP contribution >= 0.6 is 0 Å². The Bertz CT molecular complexity index is 351.